The van der Waals surface area contributed by atoms with Crippen LogP contribution in [-0.4, -0.2) is 0 Å². The highest BCUT2D eigenvalue weighted by molar-refractivity contribution is 7.26. The van der Waals surface area contributed by atoms with Crippen LogP contribution in [0.4, 0.5) is 0 Å². The van der Waals surface area contributed by atoms with Crippen LogP contribution in [0.25, 0.3) is 19.5 Å². The van der Waals surface area contributed by atoms with Crippen molar-refractivity contribution in [1.82, 2.24) is 0 Å². The summed E-state index contributed by atoms with van der Waals surface area (Å²) in [5.41, 5.74) is 0. The molecular weight excluding hydrogens is 545 g/mol. The molecule has 0 amide bonds. The molecule has 0 aromatic carbocycles. The number of aryl methyl sites for hydroxylation is 2. The fourth-order valence-corrected chi connectivity index (χ4v) is 8.50. The zero-order valence-corrected chi connectivity index (χ0v) is 25.1. The molecule has 0 aliphatic carbocycles. The summed E-state index contributed by atoms with van der Waals surface area (Å²) in [6.07, 6.45) is 7.30. The lowest BCUT2D eigenvalue weighted by Crippen LogP contribution is -1.76. The third kappa shape index (κ3) is 7.14. The second-order valence-electron chi connectivity index (χ2n) is 8.73. The summed E-state index contributed by atoms with van der Waals surface area (Å²) in [5, 5.41) is 0. The summed E-state index contributed by atoms with van der Waals surface area (Å²) in [7, 11) is 0. The summed E-state index contributed by atoms with van der Waals surface area (Å²) in [4.78, 5) is 12.6. The Morgan fingerprint density at radius 1 is 0.432 bits per heavy atom. The van der Waals surface area contributed by atoms with E-state index in [9.17, 15) is 0 Å². The van der Waals surface area contributed by atoms with Crippen molar-refractivity contribution >= 4 is 56.7 Å². The molecule has 186 valence electrons. The standard InChI is InChI=1S/C32H28S5/c1-3-5-7-23-9-11-25(33-23)13-15-27-17-19-29(35-27)31-21-22-32(37-31)30-20-18-28(36-30)16-14-26-12-10-24(34-26)8-6-4-2/h9-12,17-22H,3-8H2,1-2H3. The topological polar surface area (TPSA) is 0 Å². The Morgan fingerprint density at radius 2 is 0.784 bits per heavy atom. The molecule has 0 nitrogen and oxygen atoms in total. The van der Waals surface area contributed by atoms with Crippen LogP contribution in [0.2, 0.25) is 0 Å². The molecule has 0 spiro atoms. The van der Waals surface area contributed by atoms with Crippen molar-refractivity contribution < 1.29 is 0 Å². The van der Waals surface area contributed by atoms with Crippen LogP contribution < -0.4 is 0 Å². The zero-order chi connectivity index (χ0) is 25.5. The maximum absolute atomic E-state index is 3.37. The second kappa shape index (κ2) is 12.9. The normalized spacial score (nSPS) is 10.6. The van der Waals surface area contributed by atoms with E-state index in [1.165, 1.54) is 67.8 Å². The molecular formula is C32H28S5. The Morgan fingerprint density at radius 3 is 1.22 bits per heavy atom. The quantitative estimate of drug-likeness (QED) is 0.162. The van der Waals surface area contributed by atoms with E-state index in [-0.39, 0.29) is 0 Å². The van der Waals surface area contributed by atoms with Gasteiger partial charge in [0.2, 0.25) is 0 Å². The predicted octanol–water partition coefficient (Wildman–Crippen LogP) is 10.8. The third-order valence-electron chi connectivity index (χ3n) is 5.80. The summed E-state index contributed by atoms with van der Waals surface area (Å²) < 4.78 is 0. The maximum Gasteiger partial charge on any atom is 0.0779 e. The molecule has 0 aliphatic rings. The summed E-state index contributed by atoms with van der Waals surface area (Å²) in [6.45, 7) is 4.48. The SMILES string of the molecule is CCCCc1ccc(C#Cc2ccc(-c3ccc(-c4ccc(C#Cc5ccc(CCCC)s5)s4)s3)s2)s1. The van der Waals surface area contributed by atoms with E-state index in [4.69, 9.17) is 0 Å². The van der Waals surface area contributed by atoms with E-state index in [0.717, 1.165) is 19.5 Å². The van der Waals surface area contributed by atoms with Gasteiger partial charge in [0, 0.05) is 29.3 Å². The van der Waals surface area contributed by atoms with Crippen LogP contribution in [0.1, 0.15) is 68.8 Å². The Bertz CT molecular complexity index is 1460. The van der Waals surface area contributed by atoms with E-state index < -0.39 is 0 Å². The van der Waals surface area contributed by atoms with Gasteiger partial charge in [-0.25, -0.2) is 0 Å². The fraction of sp³-hybridized carbons (Fsp3) is 0.250. The minimum atomic E-state index is 1.12. The van der Waals surface area contributed by atoms with Crippen LogP contribution in [0.15, 0.2) is 60.7 Å². The first-order valence-corrected chi connectivity index (χ1v) is 16.8. The molecule has 5 aromatic heterocycles. The van der Waals surface area contributed by atoms with Gasteiger partial charge in [-0.1, -0.05) is 26.7 Å². The summed E-state index contributed by atoms with van der Waals surface area (Å²) >= 11 is 9.05. The number of thiophene rings is 5. The lowest BCUT2D eigenvalue weighted by molar-refractivity contribution is 0.804. The van der Waals surface area contributed by atoms with Crippen molar-refractivity contribution in [3.63, 3.8) is 0 Å². The lowest BCUT2D eigenvalue weighted by atomic mass is 10.2. The van der Waals surface area contributed by atoms with Crippen molar-refractivity contribution in [2.24, 2.45) is 0 Å². The van der Waals surface area contributed by atoms with Gasteiger partial charge in [-0.3, -0.25) is 0 Å². The number of rotatable bonds is 8. The highest BCUT2D eigenvalue weighted by Gasteiger charge is 2.09. The van der Waals surface area contributed by atoms with Gasteiger partial charge in [0.1, 0.15) is 0 Å². The first-order valence-electron chi connectivity index (χ1n) is 12.7. The molecule has 0 bridgehead atoms. The first kappa shape index (κ1) is 26.2. The van der Waals surface area contributed by atoms with Gasteiger partial charge in [-0.15, -0.1) is 56.7 Å². The molecule has 0 N–H and O–H groups in total. The molecule has 5 rings (SSSR count). The number of hydrogen-bond acceptors (Lipinski definition) is 5. The minimum absolute atomic E-state index is 1.12. The Kier molecular flexibility index (Phi) is 9.16. The van der Waals surface area contributed by atoms with E-state index in [2.05, 4.69) is 98.2 Å². The van der Waals surface area contributed by atoms with Crippen molar-refractivity contribution in [3.05, 3.63) is 89.9 Å². The van der Waals surface area contributed by atoms with Gasteiger partial charge in [-0.05, 0) is 110 Å². The van der Waals surface area contributed by atoms with E-state index in [0.29, 0.717) is 0 Å². The van der Waals surface area contributed by atoms with Crippen molar-refractivity contribution in [2.75, 3.05) is 0 Å². The van der Waals surface area contributed by atoms with E-state index >= 15 is 0 Å². The highest BCUT2D eigenvalue weighted by atomic mass is 32.1. The van der Waals surface area contributed by atoms with Gasteiger partial charge in [0.05, 0.1) is 19.5 Å². The molecule has 0 unspecified atom stereocenters. The molecule has 0 atom stereocenters. The van der Waals surface area contributed by atoms with Crippen LogP contribution >= 0.6 is 56.7 Å². The lowest BCUT2D eigenvalue weighted by Gasteiger charge is -1.91. The van der Waals surface area contributed by atoms with Gasteiger partial charge in [0.25, 0.3) is 0 Å². The Balaban J connectivity index is 1.23. The smallest absolute Gasteiger partial charge is 0.0779 e. The predicted molar refractivity (Wildman–Crippen MR) is 169 cm³/mol. The summed E-state index contributed by atoms with van der Waals surface area (Å²) in [6, 6.07) is 21.9. The largest absolute Gasteiger partial charge is 0.134 e. The van der Waals surface area contributed by atoms with Crippen molar-refractivity contribution in [1.29, 1.82) is 0 Å². The highest BCUT2D eigenvalue weighted by Crippen LogP contribution is 2.39. The van der Waals surface area contributed by atoms with E-state index in [1.807, 2.05) is 34.0 Å². The molecule has 37 heavy (non-hydrogen) atoms. The number of unbranched alkanes of at least 4 members (excludes halogenated alkanes) is 2. The monoisotopic (exact) mass is 572 g/mol. The molecule has 5 heterocycles. The van der Waals surface area contributed by atoms with Crippen LogP contribution in [0, 0.1) is 23.7 Å². The van der Waals surface area contributed by atoms with Crippen LogP contribution in [-0.2, 0) is 12.8 Å². The molecule has 5 aromatic rings. The Labute approximate surface area is 240 Å². The molecule has 0 saturated heterocycles. The van der Waals surface area contributed by atoms with Gasteiger partial charge in [-0.2, -0.15) is 0 Å². The molecule has 0 saturated carbocycles. The van der Waals surface area contributed by atoms with Crippen molar-refractivity contribution in [2.45, 2.75) is 52.4 Å². The zero-order valence-electron chi connectivity index (χ0n) is 21.1. The molecule has 0 fully saturated rings. The van der Waals surface area contributed by atoms with E-state index in [1.54, 1.807) is 22.7 Å². The van der Waals surface area contributed by atoms with Gasteiger partial charge >= 0.3 is 0 Å². The molecule has 5 heteroatoms. The third-order valence-corrected chi connectivity index (χ3v) is 11.4. The fourth-order valence-electron chi connectivity index (χ4n) is 3.79. The second-order valence-corrected chi connectivity index (χ2v) is 14.3. The summed E-state index contributed by atoms with van der Waals surface area (Å²) in [5.74, 6) is 13.5. The molecule has 0 radical (unpaired) electrons. The van der Waals surface area contributed by atoms with Crippen LogP contribution in [0.5, 0.6) is 0 Å². The minimum Gasteiger partial charge on any atom is -0.134 e. The maximum atomic E-state index is 3.37. The molecule has 0 aliphatic heterocycles. The van der Waals surface area contributed by atoms with Crippen LogP contribution in [0.3, 0.4) is 0 Å². The van der Waals surface area contributed by atoms with Crippen molar-refractivity contribution in [3.8, 4) is 43.2 Å². The van der Waals surface area contributed by atoms with Gasteiger partial charge < -0.3 is 0 Å². The van der Waals surface area contributed by atoms with Gasteiger partial charge in [0.15, 0.2) is 0 Å². The average Bonchev–Trinajstić information content (AvgIpc) is 3.73. The number of hydrogen-bond donors (Lipinski definition) is 0. The average molecular weight is 573 g/mol. The Hall–Kier alpha value is -2.38. The first-order chi connectivity index (χ1) is 18.2.